The molecular formula is C16H17N5O3S2. The molecule has 1 aromatic carbocycles. The van der Waals surface area contributed by atoms with E-state index in [0.717, 1.165) is 21.3 Å². The minimum Gasteiger partial charge on any atom is -0.861 e. The quantitative estimate of drug-likeness (QED) is 0.261. The van der Waals surface area contributed by atoms with Crippen molar-refractivity contribution in [3.8, 4) is 17.0 Å². The highest BCUT2D eigenvalue weighted by molar-refractivity contribution is 8.01. The number of hydrogen-bond acceptors (Lipinski definition) is 9. The van der Waals surface area contributed by atoms with Crippen LogP contribution in [-0.4, -0.2) is 43.1 Å². The van der Waals surface area contributed by atoms with Crippen LogP contribution in [0.5, 0.6) is 5.75 Å². The van der Waals surface area contributed by atoms with Crippen LogP contribution < -0.4 is 19.6 Å². The standard InChI is InChI=1S/C16H17N5O3S2/c1-20(2)21-8-15(24-19-21)18-14(22)10-26-16-17-13(9-25-16)11-4-6-12(23-3)7-5-11/h4-9H,10H2,1-3H3. The summed E-state index contributed by atoms with van der Waals surface area (Å²) >= 11 is 2.83. The smallest absolute Gasteiger partial charge is 0.324 e. The van der Waals surface area contributed by atoms with Gasteiger partial charge in [-0.25, -0.2) is 9.98 Å². The number of thiazole rings is 1. The molecule has 0 aliphatic rings. The van der Waals surface area contributed by atoms with Crippen LogP contribution in [-0.2, 0) is 0 Å². The summed E-state index contributed by atoms with van der Waals surface area (Å²) in [5, 5.41) is 19.4. The fourth-order valence-corrected chi connectivity index (χ4v) is 3.58. The second-order valence-corrected chi connectivity index (χ2v) is 7.41. The summed E-state index contributed by atoms with van der Waals surface area (Å²) in [7, 11) is 5.23. The zero-order chi connectivity index (χ0) is 18.5. The molecule has 10 heteroatoms. The lowest BCUT2D eigenvalue weighted by molar-refractivity contribution is -0.753. The summed E-state index contributed by atoms with van der Waals surface area (Å²) in [5.74, 6) is 0.840. The Morgan fingerprint density at radius 1 is 1.38 bits per heavy atom. The fourth-order valence-electron chi connectivity index (χ4n) is 1.96. The minimum absolute atomic E-state index is 0.169. The molecule has 0 unspecified atom stereocenters. The van der Waals surface area contributed by atoms with Gasteiger partial charge in [0.2, 0.25) is 5.27 Å². The molecule has 8 nitrogen and oxygen atoms in total. The Morgan fingerprint density at radius 3 is 2.81 bits per heavy atom. The first-order valence-corrected chi connectivity index (χ1v) is 9.45. The molecule has 0 fully saturated rings. The highest BCUT2D eigenvalue weighted by Gasteiger charge is 2.12. The van der Waals surface area contributed by atoms with Crippen molar-refractivity contribution in [3.05, 3.63) is 35.8 Å². The third-order valence-electron chi connectivity index (χ3n) is 3.28. The molecule has 3 rings (SSSR count). The zero-order valence-corrected chi connectivity index (χ0v) is 16.1. The lowest BCUT2D eigenvalue weighted by atomic mass is 10.2. The Hall–Kier alpha value is -2.59. The molecule has 2 heterocycles. The molecule has 26 heavy (non-hydrogen) atoms. The molecule has 136 valence electrons. The molecule has 0 radical (unpaired) electrons. The minimum atomic E-state index is -0.307. The molecule has 0 spiro atoms. The van der Waals surface area contributed by atoms with E-state index < -0.39 is 0 Å². The number of ether oxygens (including phenoxy) is 1. The predicted octanol–water partition coefficient (Wildman–Crippen LogP) is 1.47. The second-order valence-electron chi connectivity index (χ2n) is 5.33. The van der Waals surface area contributed by atoms with Gasteiger partial charge in [0.1, 0.15) is 5.75 Å². The van der Waals surface area contributed by atoms with Gasteiger partial charge in [-0.3, -0.25) is 4.52 Å². The molecule has 2 aromatic heterocycles. The van der Waals surface area contributed by atoms with Crippen molar-refractivity contribution >= 4 is 34.9 Å². The first-order valence-electron chi connectivity index (χ1n) is 7.59. The highest BCUT2D eigenvalue weighted by Crippen LogP contribution is 2.29. The number of aliphatic imine (C=N–C) groups is 1. The van der Waals surface area contributed by atoms with Gasteiger partial charge in [-0.15, -0.1) is 11.3 Å². The first kappa shape index (κ1) is 18.2. The van der Waals surface area contributed by atoms with Crippen LogP contribution in [0.2, 0.25) is 0 Å². The van der Waals surface area contributed by atoms with Gasteiger partial charge in [0.05, 0.1) is 31.7 Å². The van der Waals surface area contributed by atoms with Crippen LogP contribution in [0.4, 0.5) is 5.88 Å². The number of nitrogens with zero attached hydrogens (tertiary/aromatic N) is 5. The Labute approximate surface area is 158 Å². The highest BCUT2D eigenvalue weighted by atomic mass is 32.2. The summed E-state index contributed by atoms with van der Waals surface area (Å²) in [4.78, 5) is 9.88. The van der Waals surface area contributed by atoms with Crippen LogP contribution in [0.3, 0.4) is 0 Å². The molecule has 0 amide bonds. The third-order valence-corrected chi connectivity index (χ3v) is 5.28. The van der Waals surface area contributed by atoms with E-state index in [4.69, 9.17) is 9.26 Å². The summed E-state index contributed by atoms with van der Waals surface area (Å²) in [6.07, 6.45) is 1.54. The van der Waals surface area contributed by atoms with Gasteiger partial charge in [0.15, 0.2) is 4.34 Å². The molecule has 0 atom stereocenters. The molecule has 0 saturated carbocycles. The summed E-state index contributed by atoms with van der Waals surface area (Å²) < 4.78 is 10.9. The van der Waals surface area contributed by atoms with Gasteiger partial charge in [-0.2, -0.15) is 5.01 Å². The van der Waals surface area contributed by atoms with Crippen molar-refractivity contribution in [2.75, 3.05) is 32.0 Å². The normalized spacial score (nSPS) is 11.6. The number of benzene rings is 1. The van der Waals surface area contributed by atoms with Crippen LogP contribution in [0.15, 0.2) is 49.7 Å². The zero-order valence-electron chi connectivity index (χ0n) is 14.4. The number of thioether (sulfide) groups is 1. The van der Waals surface area contributed by atoms with Gasteiger partial charge in [0.25, 0.3) is 6.20 Å². The summed E-state index contributed by atoms with van der Waals surface area (Å²) in [6, 6.07) is 7.68. The lowest BCUT2D eigenvalue weighted by Gasteiger charge is -2.06. The predicted molar refractivity (Wildman–Crippen MR) is 98.7 cm³/mol. The van der Waals surface area contributed by atoms with E-state index >= 15 is 0 Å². The van der Waals surface area contributed by atoms with E-state index in [2.05, 4.69) is 15.2 Å². The number of methoxy groups -OCH3 is 1. The Balaban J connectivity index is 1.60. The van der Waals surface area contributed by atoms with Crippen molar-refractivity contribution in [3.63, 3.8) is 0 Å². The van der Waals surface area contributed by atoms with E-state index in [-0.39, 0.29) is 17.5 Å². The second kappa shape index (κ2) is 8.19. The van der Waals surface area contributed by atoms with Crippen LogP contribution in [0.25, 0.3) is 11.3 Å². The monoisotopic (exact) mass is 391 g/mol. The fraction of sp³-hybridized carbons (Fsp3) is 0.250. The Kier molecular flexibility index (Phi) is 5.74. The van der Waals surface area contributed by atoms with Crippen LogP contribution in [0, 0.1) is 0 Å². The van der Waals surface area contributed by atoms with Crippen molar-refractivity contribution in [1.82, 2.24) is 10.3 Å². The van der Waals surface area contributed by atoms with E-state index in [1.54, 1.807) is 26.2 Å². The van der Waals surface area contributed by atoms with Gasteiger partial charge in [-0.1, -0.05) is 11.8 Å². The van der Waals surface area contributed by atoms with Gasteiger partial charge >= 0.3 is 5.88 Å². The van der Waals surface area contributed by atoms with E-state index in [1.165, 1.54) is 34.1 Å². The van der Waals surface area contributed by atoms with Crippen molar-refractivity contribution in [2.45, 2.75) is 4.34 Å². The van der Waals surface area contributed by atoms with Gasteiger partial charge in [-0.05, 0) is 30.2 Å². The van der Waals surface area contributed by atoms with Crippen molar-refractivity contribution < 1.29 is 19.2 Å². The maximum Gasteiger partial charge on any atom is 0.324 e. The van der Waals surface area contributed by atoms with E-state index in [0.29, 0.717) is 0 Å². The van der Waals surface area contributed by atoms with E-state index in [9.17, 15) is 5.11 Å². The maximum absolute atomic E-state index is 12.0. The molecular weight excluding hydrogens is 374 g/mol. The van der Waals surface area contributed by atoms with Crippen LogP contribution >= 0.6 is 23.1 Å². The lowest BCUT2D eigenvalue weighted by Crippen LogP contribution is -2.53. The average Bonchev–Trinajstić information content (AvgIpc) is 3.29. The summed E-state index contributed by atoms with van der Waals surface area (Å²) in [5.41, 5.74) is 1.87. The average molecular weight is 391 g/mol. The Morgan fingerprint density at radius 2 is 2.15 bits per heavy atom. The molecule has 0 aliphatic heterocycles. The Bertz CT molecular complexity index is 889. The number of rotatable bonds is 7. The molecule has 0 saturated heterocycles. The number of aromatic nitrogens is 3. The van der Waals surface area contributed by atoms with Gasteiger partial charge in [0, 0.05) is 16.7 Å². The van der Waals surface area contributed by atoms with E-state index in [1.807, 2.05) is 29.6 Å². The summed E-state index contributed by atoms with van der Waals surface area (Å²) in [6.45, 7) is 0. The van der Waals surface area contributed by atoms with Gasteiger partial charge < -0.3 is 9.84 Å². The SMILES string of the molecule is COc1ccc(-c2csc(SC/C([O-])=N/c3c[n+](N(C)C)no3)n2)cc1. The third kappa shape index (κ3) is 4.52. The maximum atomic E-state index is 12.0. The van der Waals surface area contributed by atoms with Crippen LogP contribution in [0.1, 0.15) is 0 Å². The van der Waals surface area contributed by atoms with Crippen molar-refractivity contribution in [1.29, 1.82) is 0 Å². The first-order chi connectivity index (χ1) is 12.5. The topological polar surface area (TPSA) is 90.7 Å². The number of hydrogen-bond donors (Lipinski definition) is 0. The molecule has 0 aliphatic carbocycles. The van der Waals surface area contributed by atoms with Crippen molar-refractivity contribution in [2.24, 2.45) is 4.99 Å². The largest absolute Gasteiger partial charge is 0.861 e. The molecule has 0 N–H and O–H groups in total. The molecule has 3 aromatic rings. The molecule has 0 bridgehead atoms.